The highest BCUT2D eigenvalue weighted by Gasteiger charge is 2.22. The molecule has 0 aliphatic carbocycles. The molecular formula is C17H24N2O. The maximum absolute atomic E-state index is 10.6. The largest absolute Gasteiger partial charge is 0.387 e. The molecule has 108 valence electrons. The van der Waals surface area contributed by atoms with Crippen molar-refractivity contribution in [2.45, 2.75) is 32.8 Å². The zero-order chi connectivity index (χ0) is 14.1. The summed E-state index contributed by atoms with van der Waals surface area (Å²) in [6.45, 7) is 7.34. The summed E-state index contributed by atoms with van der Waals surface area (Å²) in [4.78, 5) is 5.77. The van der Waals surface area contributed by atoms with Crippen molar-refractivity contribution in [1.82, 2.24) is 9.88 Å². The predicted octanol–water partition coefficient (Wildman–Crippen LogP) is 3.24. The summed E-state index contributed by atoms with van der Waals surface area (Å²) in [5.74, 6) is 0.832. The molecule has 1 aliphatic heterocycles. The van der Waals surface area contributed by atoms with Crippen LogP contribution in [0.5, 0.6) is 0 Å². The second-order valence-electron chi connectivity index (χ2n) is 6.21. The van der Waals surface area contributed by atoms with Crippen LogP contribution in [0.25, 0.3) is 10.9 Å². The number of fused-ring (bicyclic) bond motifs is 1. The lowest BCUT2D eigenvalue weighted by molar-refractivity contribution is 0.0921. The van der Waals surface area contributed by atoms with E-state index in [-0.39, 0.29) is 0 Å². The van der Waals surface area contributed by atoms with Gasteiger partial charge in [-0.2, -0.15) is 0 Å². The molecule has 0 bridgehead atoms. The number of aromatic amines is 1. The van der Waals surface area contributed by atoms with Gasteiger partial charge in [-0.3, -0.25) is 0 Å². The lowest BCUT2D eigenvalue weighted by atomic mass is 9.98. The number of β-amino-alcohol motifs (C(OH)–C–C–N with tert-alkyl or cyclic N) is 1. The van der Waals surface area contributed by atoms with Crippen molar-refractivity contribution in [2.75, 3.05) is 19.6 Å². The first-order valence-corrected chi connectivity index (χ1v) is 7.63. The van der Waals surface area contributed by atoms with Crippen LogP contribution in [0.15, 0.2) is 24.3 Å². The maximum Gasteiger partial charge on any atom is 0.0940 e. The number of piperidine rings is 1. The third-order valence-electron chi connectivity index (χ3n) is 4.58. The van der Waals surface area contributed by atoms with Crippen LogP contribution in [0.2, 0.25) is 0 Å². The Kier molecular flexibility index (Phi) is 3.81. The molecule has 1 aliphatic rings. The lowest BCUT2D eigenvalue weighted by Gasteiger charge is -2.31. The highest BCUT2D eigenvalue weighted by molar-refractivity contribution is 5.84. The maximum atomic E-state index is 10.6. The molecule has 0 amide bonds. The smallest absolute Gasteiger partial charge is 0.0940 e. The number of hydrogen-bond donors (Lipinski definition) is 2. The molecule has 3 heteroatoms. The number of rotatable bonds is 3. The molecule has 20 heavy (non-hydrogen) atoms. The minimum Gasteiger partial charge on any atom is -0.387 e. The van der Waals surface area contributed by atoms with Crippen molar-refractivity contribution >= 4 is 10.9 Å². The first-order chi connectivity index (χ1) is 9.65. The van der Waals surface area contributed by atoms with Crippen LogP contribution in [0.3, 0.4) is 0 Å². The lowest BCUT2D eigenvalue weighted by Crippen LogP contribution is -2.36. The van der Waals surface area contributed by atoms with Crippen LogP contribution in [0.1, 0.15) is 37.1 Å². The SMILES string of the molecule is Cc1[nH]c2ccccc2c1[C@H](O)CN1CCC(C)CC1. The molecule has 2 N–H and O–H groups in total. The fourth-order valence-electron chi connectivity index (χ4n) is 3.31. The number of aromatic nitrogens is 1. The van der Waals surface area contributed by atoms with Crippen molar-refractivity contribution in [1.29, 1.82) is 0 Å². The third-order valence-corrected chi connectivity index (χ3v) is 4.58. The van der Waals surface area contributed by atoms with Crippen LogP contribution in [-0.4, -0.2) is 34.6 Å². The van der Waals surface area contributed by atoms with E-state index < -0.39 is 6.10 Å². The fraction of sp³-hybridized carbons (Fsp3) is 0.529. The van der Waals surface area contributed by atoms with Crippen molar-refractivity contribution in [3.8, 4) is 0 Å². The summed E-state index contributed by atoms with van der Waals surface area (Å²) in [6, 6.07) is 8.23. The quantitative estimate of drug-likeness (QED) is 0.900. The molecule has 1 atom stereocenters. The Morgan fingerprint density at radius 1 is 1.30 bits per heavy atom. The summed E-state index contributed by atoms with van der Waals surface area (Å²) in [7, 11) is 0. The molecule has 3 rings (SSSR count). The molecule has 0 saturated carbocycles. The van der Waals surface area contributed by atoms with Gasteiger partial charge in [0.2, 0.25) is 0 Å². The van der Waals surface area contributed by atoms with Gasteiger partial charge in [0.1, 0.15) is 0 Å². The van der Waals surface area contributed by atoms with Crippen LogP contribution in [0, 0.1) is 12.8 Å². The van der Waals surface area contributed by atoms with Crippen LogP contribution in [0.4, 0.5) is 0 Å². The zero-order valence-corrected chi connectivity index (χ0v) is 12.4. The Bertz CT molecular complexity index is 582. The minimum absolute atomic E-state index is 0.403. The number of nitrogens with zero attached hydrogens (tertiary/aromatic N) is 1. The molecule has 1 saturated heterocycles. The molecule has 1 aromatic heterocycles. The van der Waals surface area contributed by atoms with Crippen LogP contribution >= 0.6 is 0 Å². The van der Waals surface area contributed by atoms with Gasteiger partial charge in [-0.15, -0.1) is 0 Å². The molecule has 0 spiro atoms. The second-order valence-corrected chi connectivity index (χ2v) is 6.21. The average molecular weight is 272 g/mol. The van der Waals surface area contributed by atoms with Gasteiger partial charge < -0.3 is 15.0 Å². The Labute approximate surface area is 120 Å². The van der Waals surface area contributed by atoms with E-state index in [0.717, 1.165) is 47.7 Å². The first kappa shape index (κ1) is 13.7. The highest BCUT2D eigenvalue weighted by Crippen LogP contribution is 2.29. The second kappa shape index (κ2) is 5.58. The van der Waals surface area contributed by atoms with Gasteiger partial charge in [-0.1, -0.05) is 25.1 Å². The minimum atomic E-state index is -0.403. The molecule has 1 fully saturated rings. The molecule has 1 aromatic carbocycles. The van der Waals surface area contributed by atoms with E-state index in [2.05, 4.69) is 35.9 Å². The number of aliphatic hydroxyl groups is 1. The van der Waals surface area contributed by atoms with E-state index in [9.17, 15) is 5.11 Å². The average Bonchev–Trinajstić information content (AvgIpc) is 2.77. The molecule has 2 aromatic rings. The first-order valence-electron chi connectivity index (χ1n) is 7.63. The van der Waals surface area contributed by atoms with Crippen LogP contribution < -0.4 is 0 Å². The summed E-state index contributed by atoms with van der Waals surface area (Å²) in [6.07, 6.45) is 2.10. The molecular weight excluding hydrogens is 248 g/mol. The number of likely N-dealkylation sites (tertiary alicyclic amines) is 1. The van der Waals surface area contributed by atoms with Gasteiger partial charge in [0.15, 0.2) is 0 Å². The van der Waals surface area contributed by atoms with Crippen molar-refractivity contribution in [3.05, 3.63) is 35.5 Å². The Morgan fingerprint density at radius 3 is 2.75 bits per heavy atom. The van der Waals surface area contributed by atoms with Crippen molar-refractivity contribution in [3.63, 3.8) is 0 Å². The summed E-state index contributed by atoms with van der Waals surface area (Å²) in [5, 5.41) is 11.8. The van der Waals surface area contributed by atoms with E-state index in [0.29, 0.717) is 0 Å². The molecule has 3 nitrogen and oxygen atoms in total. The van der Waals surface area contributed by atoms with Gasteiger partial charge in [0.05, 0.1) is 6.10 Å². The van der Waals surface area contributed by atoms with Crippen LogP contribution in [-0.2, 0) is 0 Å². The number of benzene rings is 1. The van der Waals surface area contributed by atoms with Gasteiger partial charge >= 0.3 is 0 Å². The Balaban J connectivity index is 1.78. The number of para-hydroxylation sites is 1. The van der Waals surface area contributed by atoms with Crippen molar-refractivity contribution in [2.24, 2.45) is 5.92 Å². The topological polar surface area (TPSA) is 39.3 Å². The van der Waals surface area contributed by atoms with E-state index in [1.807, 2.05) is 12.1 Å². The van der Waals surface area contributed by atoms with Gasteiger partial charge in [-0.05, 0) is 44.8 Å². The molecule has 2 heterocycles. The van der Waals surface area contributed by atoms with Crippen molar-refractivity contribution < 1.29 is 5.11 Å². The van der Waals surface area contributed by atoms with E-state index in [4.69, 9.17) is 0 Å². The summed E-state index contributed by atoms with van der Waals surface area (Å²) < 4.78 is 0. The highest BCUT2D eigenvalue weighted by atomic mass is 16.3. The van der Waals surface area contributed by atoms with E-state index in [1.165, 1.54) is 12.8 Å². The normalized spacial score (nSPS) is 19.6. The fourth-order valence-corrected chi connectivity index (χ4v) is 3.31. The Morgan fingerprint density at radius 2 is 2.00 bits per heavy atom. The van der Waals surface area contributed by atoms with Gasteiger partial charge in [-0.25, -0.2) is 0 Å². The number of aryl methyl sites for hydroxylation is 1. The van der Waals surface area contributed by atoms with E-state index >= 15 is 0 Å². The zero-order valence-electron chi connectivity index (χ0n) is 12.4. The molecule has 0 radical (unpaired) electrons. The summed E-state index contributed by atoms with van der Waals surface area (Å²) >= 11 is 0. The number of H-pyrrole nitrogens is 1. The number of hydrogen-bond acceptors (Lipinski definition) is 2. The van der Waals surface area contributed by atoms with Gasteiger partial charge in [0, 0.05) is 28.7 Å². The number of nitrogens with one attached hydrogen (secondary N) is 1. The third kappa shape index (κ3) is 2.60. The monoisotopic (exact) mass is 272 g/mol. The van der Waals surface area contributed by atoms with E-state index in [1.54, 1.807) is 0 Å². The number of aliphatic hydroxyl groups excluding tert-OH is 1. The predicted molar refractivity (Wildman–Crippen MR) is 82.8 cm³/mol. The summed E-state index contributed by atoms with van der Waals surface area (Å²) in [5.41, 5.74) is 3.27. The molecule has 0 unspecified atom stereocenters. The Hall–Kier alpha value is -1.32. The standard InChI is InChI=1S/C17H24N2O/c1-12-7-9-19(10-8-12)11-16(20)17-13(2)18-15-6-4-3-5-14(15)17/h3-6,12,16,18,20H,7-11H2,1-2H3/t16-/m1/s1. The van der Waals surface area contributed by atoms with Gasteiger partial charge in [0.25, 0.3) is 0 Å².